The minimum atomic E-state index is -3.97. The standard InChI is InChI=1S/C26H30N2O5S/c1-20-12-14-25(15-13-20)34(30,31)28(22-9-5-11-24(18-22)33-3)19-26(29)27-16-6-8-21-7-4-10-23(17-21)32-2/h4-5,7,9-15,17-18H,6,8,16,19H2,1-3H3,(H,27,29). The van der Waals surface area contributed by atoms with Crippen LogP contribution in [0.5, 0.6) is 11.5 Å². The number of sulfonamides is 1. The molecule has 0 spiro atoms. The third kappa shape index (κ3) is 6.51. The zero-order chi connectivity index (χ0) is 24.6. The summed E-state index contributed by atoms with van der Waals surface area (Å²) < 4.78 is 38.5. The van der Waals surface area contributed by atoms with Crippen molar-refractivity contribution in [3.8, 4) is 11.5 Å². The van der Waals surface area contributed by atoms with E-state index in [1.807, 2.05) is 31.2 Å². The van der Waals surface area contributed by atoms with Crippen LogP contribution in [-0.4, -0.2) is 41.6 Å². The van der Waals surface area contributed by atoms with Gasteiger partial charge in [-0.05, 0) is 61.7 Å². The zero-order valence-corrected chi connectivity index (χ0v) is 20.5. The molecule has 3 aromatic carbocycles. The van der Waals surface area contributed by atoms with Gasteiger partial charge in [-0.3, -0.25) is 9.10 Å². The lowest BCUT2D eigenvalue weighted by molar-refractivity contribution is -0.119. The van der Waals surface area contributed by atoms with Crippen molar-refractivity contribution in [3.63, 3.8) is 0 Å². The van der Waals surface area contributed by atoms with E-state index in [4.69, 9.17) is 9.47 Å². The molecule has 0 aliphatic rings. The minimum absolute atomic E-state index is 0.117. The molecular weight excluding hydrogens is 452 g/mol. The number of rotatable bonds is 11. The molecule has 0 heterocycles. The molecule has 0 bridgehead atoms. The first-order valence-corrected chi connectivity index (χ1v) is 12.4. The summed E-state index contributed by atoms with van der Waals surface area (Å²) in [6.07, 6.45) is 1.47. The first-order chi connectivity index (χ1) is 16.3. The second-order valence-corrected chi connectivity index (χ2v) is 9.69. The summed E-state index contributed by atoms with van der Waals surface area (Å²) in [6, 6.07) is 21.0. The minimum Gasteiger partial charge on any atom is -0.497 e. The first-order valence-electron chi connectivity index (χ1n) is 11.0. The lowest BCUT2D eigenvalue weighted by Crippen LogP contribution is -2.41. The number of amides is 1. The second-order valence-electron chi connectivity index (χ2n) is 7.83. The molecule has 7 nitrogen and oxygen atoms in total. The lowest BCUT2D eigenvalue weighted by Gasteiger charge is -2.24. The Hall–Kier alpha value is -3.52. The maximum atomic E-state index is 13.4. The summed E-state index contributed by atoms with van der Waals surface area (Å²) in [7, 11) is -0.839. The molecule has 0 fully saturated rings. The van der Waals surface area contributed by atoms with Crippen molar-refractivity contribution in [3.05, 3.63) is 83.9 Å². The van der Waals surface area contributed by atoms with Gasteiger partial charge in [-0.15, -0.1) is 0 Å². The summed E-state index contributed by atoms with van der Waals surface area (Å²) in [5, 5.41) is 2.84. The fourth-order valence-electron chi connectivity index (χ4n) is 3.45. The first kappa shape index (κ1) is 25.1. The lowest BCUT2D eigenvalue weighted by atomic mass is 10.1. The van der Waals surface area contributed by atoms with Crippen molar-refractivity contribution in [2.45, 2.75) is 24.7 Å². The highest BCUT2D eigenvalue weighted by Gasteiger charge is 2.27. The Balaban J connectivity index is 1.71. The normalized spacial score (nSPS) is 11.0. The van der Waals surface area contributed by atoms with Crippen molar-refractivity contribution in [1.82, 2.24) is 5.32 Å². The van der Waals surface area contributed by atoms with E-state index < -0.39 is 10.0 Å². The number of benzene rings is 3. The smallest absolute Gasteiger partial charge is 0.264 e. The molecule has 3 aromatic rings. The Morgan fingerprint density at radius 1 is 0.912 bits per heavy atom. The van der Waals surface area contributed by atoms with Gasteiger partial charge in [0.2, 0.25) is 5.91 Å². The van der Waals surface area contributed by atoms with Crippen LogP contribution in [0.3, 0.4) is 0 Å². The van der Waals surface area contributed by atoms with Gasteiger partial charge in [0.25, 0.3) is 10.0 Å². The summed E-state index contributed by atoms with van der Waals surface area (Å²) in [4.78, 5) is 12.9. The van der Waals surface area contributed by atoms with Crippen LogP contribution in [0.2, 0.25) is 0 Å². The van der Waals surface area contributed by atoms with E-state index in [9.17, 15) is 13.2 Å². The number of methoxy groups -OCH3 is 2. The summed E-state index contributed by atoms with van der Waals surface area (Å²) in [6.45, 7) is 1.96. The van der Waals surface area contributed by atoms with Gasteiger partial charge >= 0.3 is 0 Å². The molecule has 0 aromatic heterocycles. The summed E-state index contributed by atoms with van der Waals surface area (Å²) >= 11 is 0. The van der Waals surface area contributed by atoms with E-state index in [-0.39, 0.29) is 17.3 Å². The topological polar surface area (TPSA) is 84.9 Å². The van der Waals surface area contributed by atoms with Gasteiger partial charge in [-0.1, -0.05) is 35.9 Å². The zero-order valence-electron chi connectivity index (χ0n) is 19.7. The Morgan fingerprint density at radius 3 is 2.24 bits per heavy atom. The SMILES string of the molecule is COc1cccc(CCCNC(=O)CN(c2cccc(OC)c2)S(=O)(=O)c2ccc(C)cc2)c1. The van der Waals surface area contributed by atoms with Gasteiger partial charge in [0.15, 0.2) is 0 Å². The maximum Gasteiger partial charge on any atom is 0.264 e. The molecule has 3 rings (SSSR count). The van der Waals surface area contributed by atoms with Crippen molar-refractivity contribution in [2.75, 3.05) is 31.6 Å². The fraction of sp³-hybridized carbons (Fsp3) is 0.269. The van der Waals surface area contributed by atoms with E-state index in [0.29, 0.717) is 24.4 Å². The van der Waals surface area contributed by atoms with Gasteiger partial charge in [0.05, 0.1) is 24.8 Å². The van der Waals surface area contributed by atoms with Crippen LogP contribution < -0.4 is 19.1 Å². The molecule has 1 N–H and O–H groups in total. The Labute approximate surface area is 201 Å². The van der Waals surface area contributed by atoms with E-state index in [0.717, 1.165) is 27.6 Å². The van der Waals surface area contributed by atoms with Crippen LogP contribution in [0.25, 0.3) is 0 Å². The van der Waals surface area contributed by atoms with E-state index in [1.165, 1.54) is 7.11 Å². The summed E-state index contributed by atoms with van der Waals surface area (Å²) in [5.74, 6) is 0.904. The van der Waals surface area contributed by atoms with E-state index >= 15 is 0 Å². The number of nitrogens with one attached hydrogen (secondary N) is 1. The van der Waals surface area contributed by atoms with Crippen LogP contribution in [0.1, 0.15) is 17.5 Å². The Bertz CT molecular complexity index is 1210. The van der Waals surface area contributed by atoms with Crippen LogP contribution in [0, 0.1) is 6.92 Å². The van der Waals surface area contributed by atoms with Gasteiger partial charge in [-0.2, -0.15) is 0 Å². The molecule has 0 aliphatic heterocycles. The molecule has 0 saturated heterocycles. The number of anilines is 1. The fourth-order valence-corrected chi connectivity index (χ4v) is 4.87. The molecule has 0 radical (unpaired) electrons. The van der Waals surface area contributed by atoms with E-state index in [1.54, 1.807) is 55.6 Å². The Morgan fingerprint density at radius 2 is 1.56 bits per heavy atom. The Kier molecular flexibility index (Phi) is 8.54. The number of aryl methyl sites for hydroxylation is 2. The van der Waals surface area contributed by atoms with E-state index in [2.05, 4.69) is 5.32 Å². The molecular formula is C26H30N2O5S. The number of ether oxygens (including phenoxy) is 2. The molecule has 180 valence electrons. The van der Waals surface area contributed by atoms with Crippen LogP contribution in [0.4, 0.5) is 5.69 Å². The molecule has 0 saturated carbocycles. The highest BCUT2D eigenvalue weighted by molar-refractivity contribution is 7.92. The third-order valence-corrected chi connectivity index (χ3v) is 7.12. The van der Waals surface area contributed by atoms with Crippen molar-refractivity contribution in [1.29, 1.82) is 0 Å². The number of hydrogen-bond donors (Lipinski definition) is 1. The molecule has 34 heavy (non-hydrogen) atoms. The van der Waals surface area contributed by atoms with Gasteiger partial charge < -0.3 is 14.8 Å². The van der Waals surface area contributed by atoms with Gasteiger partial charge in [0, 0.05) is 12.6 Å². The largest absolute Gasteiger partial charge is 0.497 e. The number of hydrogen-bond acceptors (Lipinski definition) is 5. The number of nitrogens with zero attached hydrogens (tertiary/aromatic N) is 1. The highest BCUT2D eigenvalue weighted by Crippen LogP contribution is 2.27. The molecule has 0 unspecified atom stereocenters. The third-order valence-electron chi connectivity index (χ3n) is 5.34. The molecule has 0 aliphatic carbocycles. The summed E-state index contributed by atoms with van der Waals surface area (Å²) in [5.41, 5.74) is 2.40. The average Bonchev–Trinajstić information content (AvgIpc) is 2.85. The van der Waals surface area contributed by atoms with Gasteiger partial charge in [-0.25, -0.2) is 8.42 Å². The number of carbonyl (C=O) groups excluding carboxylic acids is 1. The van der Waals surface area contributed by atoms with Crippen molar-refractivity contribution < 1.29 is 22.7 Å². The average molecular weight is 483 g/mol. The second kappa shape index (κ2) is 11.6. The van der Waals surface area contributed by atoms with Gasteiger partial charge in [0.1, 0.15) is 18.0 Å². The highest BCUT2D eigenvalue weighted by atomic mass is 32.2. The predicted molar refractivity (Wildman–Crippen MR) is 133 cm³/mol. The van der Waals surface area contributed by atoms with Crippen LogP contribution >= 0.6 is 0 Å². The van der Waals surface area contributed by atoms with Crippen LogP contribution in [-0.2, 0) is 21.2 Å². The number of carbonyl (C=O) groups is 1. The van der Waals surface area contributed by atoms with Crippen molar-refractivity contribution in [2.24, 2.45) is 0 Å². The molecule has 8 heteroatoms. The molecule has 1 amide bonds. The molecule has 0 atom stereocenters. The monoisotopic (exact) mass is 482 g/mol. The van der Waals surface area contributed by atoms with Crippen LogP contribution in [0.15, 0.2) is 77.7 Å². The quantitative estimate of drug-likeness (QED) is 0.418. The predicted octanol–water partition coefficient (Wildman–Crippen LogP) is 3.96. The maximum absolute atomic E-state index is 13.4. The van der Waals surface area contributed by atoms with Crippen molar-refractivity contribution >= 4 is 21.6 Å².